The van der Waals surface area contributed by atoms with E-state index in [0.717, 1.165) is 0 Å². The van der Waals surface area contributed by atoms with Crippen LogP contribution in [-0.2, 0) is 16.1 Å². The van der Waals surface area contributed by atoms with E-state index in [1.807, 2.05) is 6.92 Å². The summed E-state index contributed by atoms with van der Waals surface area (Å²) in [7, 11) is 0. The van der Waals surface area contributed by atoms with Crippen molar-refractivity contribution in [3.63, 3.8) is 0 Å². The van der Waals surface area contributed by atoms with E-state index in [4.69, 9.17) is 10.5 Å². The van der Waals surface area contributed by atoms with Crippen molar-refractivity contribution < 1.29 is 14.3 Å². The number of nitrogens with one attached hydrogen (secondary N) is 1. The van der Waals surface area contributed by atoms with Gasteiger partial charge in [0.2, 0.25) is 0 Å². The van der Waals surface area contributed by atoms with E-state index >= 15 is 0 Å². The van der Waals surface area contributed by atoms with E-state index < -0.39 is 0 Å². The smallest absolute Gasteiger partial charge is 0.307 e. The lowest BCUT2D eigenvalue weighted by Crippen LogP contribution is -2.28. The molecule has 0 aromatic carbocycles. The summed E-state index contributed by atoms with van der Waals surface area (Å²) in [5.74, 6) is -0.555. The number of ether oxygens (including phenoxy) is 1. The number of nitrogens with zero attached hydrogens (tertiary/aromatic N) is 1. The van der Waals surface area contributed by atoms with Crippen LogP contribution in [0.3, 0.4) is 0 Å². The molecule has 0 fully saturated rings. The maximum Gasteiger partial charge on any atom is 0.307 e. The number of rotatable bonds is 6. The molecule has 0 aliphatic rings. The summed E-state index contributed by atoms with van der Waals surface area (Å²) in [6, 6.07) is 1.61. The molecule has 0 aliphatic carbocycles. The molecule has 1 heterocycles. The van der Waals surface area contributed by atoms with E-state index in [2.05, 4.69) is 5.32 Å². The molecule has 0 spiro atoms. The van der Waals surface area contributed by atoms with Crippen LogP contribution in [0.5, 0.6) is 0 Å². The number of aryl methyl sites for hydroxylation is 1. The van der Waals surface area contributed by atoms with Crippen LogP contribution >= 0.6 is 0 Å². The van der Waals surface area contributed by atoms with Crippen molar-refractivity contribution in [2.45, 2.75) is 26.8 Å². The maximum atomic E-state index is 11.8. The van der Waals surface area contributed by atoms with E-state index in [0.29, 0.717) is 24.5 Å². The summed E-state index contributed by atoms with van der Waals surface area (Å²) in [6.45, 7) is 4.94. The predicted octanol–water partition coefficient (Wildman–Crippen LogP) is 0.773. The summed E-state index contributed by atoms with van der Waals surface area (Å²) in [5.41, 5.74) is 6.68. The molecule has 6 nitrogen and oxygen atoms in total. The van der Waals surface area contributed by atoms with E-state index in [1.165, 1.54) is 0 Å². The Morgan fingerprint density at radius 3 is 2.78 bits per heavy atom. The first kappa shape index (κ1) is 14.1. The van der Waals surface area contributed by atoms with Gasteiger partial charge in [0.15, 0.2) is 0 Å². The monoisotopic (exact) mass is 253 g/mol. The van der Waals surface area contributed by atoms with Crippen molar-refractivity contribution in [3.05, 3.63) is 18.0 Å². The lowest BCUT2D eigenvalue weighted by molar-refractivity contribution is -0.142. The fourth-order valence-corrected chi connectivity index (χ4v) is 1.59. The van der Waals surface area contributed by atoms with Crippen molar-refractivity contribution >= 4 is 17.6 Å². The molecule has 0 aliphatic heterocycles. The summed E-state index contributed by atoms with van der Waals surface area (Å²) in [6.07, 6.45) is 1.88. The summed E-state index contributed by atoms with van der Waals surface area (Å²) in [5, 5.41) is 2.66. The molecule has 0 saturated heterocycles. The summed E-state index contributed by atoms with van der Waals surface area (Å²) in [4.78, 5) is 22.9. The SMILES string of the molecule is CCOC(=O)CCNC(=O)c1cc(N)cn1CC. The first-order chi connectivity index (χ1) is 8.58. The average molecular weight is 253 g/mol. The van der Waals surface area contributed by atoms with Crippen molar-refractivity contribution in [1.29, 1.82) is 0 Å². The number of esters is 1. The van der Waals surface area contributed by atoms with Gasteiger partial charge in [-0.05, 0) is 19.9 Å². The number of hydrogen-bond donors (Lipinski definition) is 2. The average Bonchev–Trinajstić information content (AvgIpc) is 2.70. The van der Waals surface area contributed by atoms with Gasteiger partial charge in [0.25, 0.3) is 5.91 Å². The Hall–Kier alpha value is -1.98. The van der Waals surface area contributed by atoms with Crippen molar-refractivity contribution in [2.24, 2.45) is 0 Å². The zero-order valence-electron chi connectivity index (χ0n) is 10.7. The molecule has 0 atom stereocenters. The highest BCUT2D eigenvalue weighted by molar-refractivity contribution is 5.94. The Morgan fingerprint density at radius 1 is 1.44 bits per heavy atom. The predicted molar refractivity (Wildman–Crippen MR) is 68.1 cm³/mol. The molecule has 6 heteroatoms. The number of hydrogen-bond acceptors (Lipinski definition) is 4. The van der Waals surface area contributed by atoms with Crippen LogP contribution in [0.4, 0.5) is 5.69 Å². The van der Waals surface area contributed by atoms with Gasteiger partial charge in [0.1, 0.15) is 5.69 Å². The van der Waals surface area contributed by atoms with Crippen LogP contribution in [0.2, 0.25) is 0 Å². The normalized spacial score (nSPS) is 10.1. The van der Waals surface area contributed by atoms with Crippen LogP contribution in [0.15, 0.2) is 12.3 Å². The minimum atomic E-state index is -0.316. The number of aromatic nitrogens is 1. The molecule has 1 aromatic heterocycles. The Bertz CT molecular complexity index is 426. The standard InChI is InChI=1S/C12H19N3O3/c1-3-15-8-9(13)7-10(15)12(17)14-6-5-11(16)18-4-2/h7-8H,3-6,13H2,1-2H3,(H,14,17). The van der Waals surface area contributed by atoms with Crippen LogP contribution in [0.1, 0.15) is 30.8 Å². The van der Waals surface area contributed by atoms with Crippen LogP contribution in [-0.4, -0.2) is 29.6 Å². The topological polar surface area (TPSA) is 86.3 Å². The fourth-order valence-electron chi connectivity index (χ4n) is 1.59. The molecule has 0 radical (unpaired) electrons. The van der Waals surface area contributed by atoms with Crippen LogP contribution in [0, 0.1) is 0 Å². The third-order valence-corrected chi connectivity index (χ3v) is 2.41. The van der Waals surface area contributed by atoms with Gasteiger partial charge < -0.3 is 20.4 Å². The highest BCUT2D eigenvalue weighted by Gasteiger charge is 2.12. The molecule has 1 rings (SSSR count). The summed E-state index contributed by atoms with van der Waals surface area (Å²) < 4.78 is 6.52. The zero-order chi connectivity index (χ0) is 13.5. The third kappa shape index (κ3) is 3.80. The molecule has 0 unspecified atom stereocenters. The lowest BCUT2D eigenvalue weighted by Gasteiger charge is -2.07. The Balaban J connectivity index is 2.47. The number of carbonyl (C=O) groups is 2. The van der Waals surface area contributed by atoms with E-state index in [-0.39, 0.29) is 24.8 Å². The zero-order valence-corrected chi connectivity index (χ0v) is 10.7. The molecule has 18 heavy (non-hydrogen) atoms. The van der Waals surface area contributed by atoms with Crippen molar-refractivity contribution in [3.8, 4) is 0 Å². The van der Waals surface area contributed by atoms with Gasteiger partial charge in [-0.3, -0.25) is 9.59 Å². The highest BCUT2D eigenvalue weighted by atomic mass is 16.5. The highest BCUT2D eigenvalue weighted by Crippen LogP contribution is 2.10. The Morgan fingerprint density at radius 2 is 2.17 bits per heavy atom. The minimum absolute atomic E-state index is 0.169. The molecule has 0 bridgehead atoms. The number of nitrogen functional groups attached to an aromatic ring is 1. The second-order valence-electron chi connectivity index (χ2n) is 3.76. The van der Waals surface area contributed by atoms with Crippen LogP contribution in [0.25, 0.3) is 0 Å². The Kier molecular flexibility index (Phi) is 5.23. The third-order valence-electron chi connectivity index (χ3n) is 2.41. The fraction of sp³-hybridized carbons (Fsp3) is 0.500. The van der Waals surface area contributed by atoms with Gasteiger partial charge in [0, 0.05) is 19.3 Å². The van der Waals surface area contributed by atoms with Gasteiger partial charge in [-0.2, -0.15) is 0 Å². The molecular weight excluding hydrogens is 234 g/mol. The largest absolute Gasteiger partial charge is 0.466 e. The molecular formula is C12H19N3O3. The van der Waals surface area contributed by atoms with Crippen LogP contribution < -0.4 is 11.1 Å². The van der Waals surface area contributed by atoms with E-state index in [1.54, 1.807) is 23.8 Å². The number of nitrogens with two attached hydrogens (primary N) is 1. The van der Waals surface area contributed by atoms with Gasteiger partial charge in [-0.15, -0.1) is 0 Å². The minimum Gasteiger partial charge on any atom is -0.466 e. The number of carbonyl (C=O) groups excluding carboxylic acids is 2. The first-order valence-electron chi connectivity index (χ1n) is 5.98. The van der Waals surface area contributed by atoms with Gasteiger partial charge in [-0.25, -0.2) is 0 Å². The molecule has 0 saturated carbocycles. The number of anilines is 1. The maximum absolute atomic E-state index is 11.8. The molecule has 1 aromatic rings. The first-order valence-corrected chi connectivity index (χ1v) is 5.98. The number of amides is 1. The van der Waals surface area contributed by atoms with Crippen molar-refractivity contribution in [1.82, 2.24) is 9.88 Å². The second-order valence-corrected chi connectivity index (χ2v) is 3.76. The van der Waals surface area contributed by atoms with Gasteiger partial charge in [0.05, 0.1) is 18.7 Å². The molecule has 1 amide bonds. The quantitative estimate of drug-likeness (QED) is 0.733. The van der Waals surface area contributed by atoms with Gasteiger partial charge >= 0.3 is 5.97 Å². The summed E-state index contributed by atoms with van der Waals surface area (Å²) >= 11 is 0. The van der Waals surface area contributed by atoms with Crippen molar-refractivity contribution in [2.75, 3.05) is 18.9 Å². The molecule has 100 valence electrons. The van der Waals surface area contributed by atoms with Gasteiger partial charge in [-0.1, -0.05) is 0 Å². The second kappa shape index (κ2) is 6.68. The molecule has 3 N–H and O–H groups in total. The lowest BCUT2D eigenvalue weighted by atomic mass is 10.3. The Labute approximate surface area is 106 Å². The van der Waals surface area contributed by atoms with E-state index in [9.17, 15) is 9.59 Å².